The first-order valence-corrected chi connectivity index (χ1v) is 4.37. The van der Waals surface area contributed by atoms with E-state index in [9.17, 15) is 0 Å². The highest BCUT2D eigenvalue weighted by Gasteiger charge is 1.98. The van der Waals surface area contributed by atoms with Crippen molar-refractivity contribution in [1.29, 1.82) is 0 Å². The van der Waals surface area contributed by atoms with Gasteiger partial charge >= 0.3 is 0 Å². The Morgan fingerprint density at radius 2 is 1.93 bits per heavy atom. The number of rotatable bonds is 2. The zero-order chi connectivity index (χ0) is 10.4. The zero-order valence-electron chi connectivity index (χ0n) is 8.44. The summed E-state index contributed by atoms with van der Waals surface area (Å²) in [5.41, 5.74) is 2.13. The molecule has 0 atom stereocenters. The maximum Gasteiger partial charge on any atom is 0.181 e. The fourth-order valence-electron chi connectivity index (χ4n) is 0.996. The van der Waals surface area contributed by atoms with Crippen LogP contribution in [0.5, 0.6) is 0 Å². The Kier molecular flexibility index (Phi) is 3.73. The molecule has 0 aliphatic carbocycles. The van der Waals surface area contributed by atoms with Crippen LogP contribution in [-0.4, -0.2) is 18.8 Å². The van der Waals surface area contributed by atoms with Gasteiger partial charge in [-0.05, 0) is 20.6 Å². The van der Waals surface area contributed by atoms with E-state index >= 15 is 0 Å². The highest BCUT2D eigenvalue weighted by molar-refractivity contribution is 6.01. The van der Waals surface area contributed by atoms with Crippen molar-refractivity contribution in [3.05, 3.63) is 35.4 Å². The second kappa shape index (κ2) is 5.07. The molecule has 0 saturated carbocycles. The van der Waals surface area contributed by atoms with Gasteiger partial charge in [0.2, 0.25) is 0 Å². The van der Waals surface area contributed by atoms with Crippen LogP contribution in [0.15, 0.2) is 39.5 Å². The molecule has 0 spiro atoms. The van der Waals surface area contributed by atoms with Crippen LogP contribution in [0.3, 0.4) is 0 Å². The van der Waals surface area contributed by atoms with E-state index in [2.05, 4.69) is 21.9 Å². The summed E-state index contributed by atoms with van der Waals surface area (Å²) in [5.74, 6) is 0.545. The van der Waals surface area contributed by atoms with Crippen molar-refractivity contribution in [1.82, 2.24) is 0 Å². The predicted molar refractivity (Wildman–Crippen MR) is 61.4 cm³/mol. The van der Waals surface area contributed by atoms with Gasteiger partial charge in [-0.3, -0.25) is 0 Å². The summed E-state index contributed by atoms with van der Waals surface area (Å²) in [5, 5.41) is 7.69. The Balaban J connectivity index is 3.01. The minimum absolute atomic E-state index is 0.545. The molecule has 1 aromatic rings. The maximum atomic E-state index is 3.92. The van der Waals surface area contributed by atoms with Crippen molar-refractivity contribution in [3.63, 3.8) is 0 Å². The van der Waals surface area contributed by atoms with E-state index in [0.29, 0.717) is 5.84 Å². The Labute approximate surface area is 83.9 Å². The van der Waals surface area contributed by atoms with Crippen molar-refractivity contribution < 1.29 is 0 Å². The molecule has 0 bridgehead atoms. The fourth-order valence-corrected chi connectivity index (χ4v) is 0.996. The number of aliphatic imine (C=N–C) groups is 1. The molecule has 0 heterocycles. The second-order valence-electron chi connectivity index (χ2n) is 2.82. The Bertz CT molecular complexity index is 361. The van der Waals surface area contributed by atoms with Crippen LogP contribution < -0.4 is 0 Å². The molecule has 3 heteroatoms. The largest absolute Gasteiger partial charge is 0.243 e. The van der Waals surface area contributed by atoms with E-state index in [1.807, 2.05) is 31.2 Å². The molecule has 0 N–H and O–H groups in total. The predicted octanol–water partition coefficient (Wildman–Crippen LogP) is 2.45. The van der Waals surface area contributed by atoms with Crippen molar-refractivity contribution in [2.45, 2.75) is 13.8 Å². The molecule has 0 fully saturated rings. The maximum absolute atomic E-state index is 3.92. The van der Waals surface area contributed by atoms with Gasteiger partial charge in [0, 0.05) is 11.8 Å². The van der Waals surface area contributed by atoms with Crippen LogP contribution in [0.1, 0.15) is 18.1 Å². The SMILES string of the molecule is C=N/C(=N\N=C/C)c1ccc(C)cc1. The third kappa shape index (κ3) is 2.62. The highest BCUT2D eigenvalue weighted by atomic mass is 15.2. The summed E-state index contributed by atoms with van der Waals surface area (Å²) in [6, 6.07) is 7.92. The molecule has 72 valence electrons. The van der Waals surface area contributed by atoms with Crippen LogP contribution in [-0.2, 0) is 0 Å². The van der Waals surface area contributed by atoms with Gasteiger partial charge in [-0.15, -0.1) is 5.10 Å². The van der Waals surface area contributed by atoms with Gasteiger partial charge in [-0.1, -0.05) is 29.8 Å². The Morgan fingerprint density at radius 3 is 2.43 bits per heavy atom. The van der Waals surface area contributed by atoms with Gasteiger partial charge in [0.15, 0.2) is 5.84 Å². The first-order valence-electron chi connectivity index (χ1n) is 4.37. The van der Waals surface area contributed by atoms with Crippen LogP contribution in [0.4, 0.5) is 0 Å². The number of hydrogen-bond acceptors (Lipinski definition) is 2. The van der Waals surface area contributed by atoms with Crippen molar-refractivity contribution >= 4 is 18.8 Å². The first-order chi connectivity index (χ1) is 6.77. The molecular formula is C11H13N3. The molecule has 0 saturated heterocycles. The Morgan fingerprint density at radius 1 is 1.29 bits per heavy atom. The third-order valence-electron chi connectivity index (χ3n) is 1.73. The molecule has 1 aromatic carbocycles. The third-order valence-corrected chi connectivity index (χ3v) is 1.73. The van der Waals surface area contributed by atoms with Gasteiger partial charge in [0.25, 0.3) is 0 Å². The lowest BCUT2D eigenvalue weighted by molar-refractivity contribution is 1.23. The lowest BCUT2D eigenvalue weighted by Gasteiger charge is -1.98. The quantitative estimate of drug-likeness (QED) is 0.387. The molecule has 3 nitrogen and oxygen atoms in total. The average molecular weight is 187 g/mol. The van der Waals surface area contributed by atoms with Gasteiger partial charge in [0.1, 0.15) is 0 Å². The normalized spacial score (nSPS) is 12.0. The van der Waals surface area contributed by atoms with Crippen LogP contribution in [0.25, 0.3) is 0 Å². The van der Waals surface area contributed by atoms with Crippen molar-refractivity contribution in [2.75, 3.05) is 0 Å². The summed E-state index contributed by atoms with van der Waals surface area (Å²) >= 11 is 0. The van der Waals surface area contributed by atoms with Gasteiger partial charge < -0.3 is 0 Å². The Hall–Kier alpha value is -1.77. The lowest BCUT2D eigenvalue weighted by Crippen LogP contribution is -1.95. The van der Waals surface area contributed by atoms with Crippen LogP contribution in [0.2, 0.25) is 0 Å². The smallest absolute Gasteiger partial charge is 0.181 e. The number of amidine groups is 1. The standard InChI is InChI=1S/C11H13N3/c1-4-13-14-11(12-3)10-7-5-9(2)6-8-10/h4-8H,3H2,1-2H3/b13-4-,14-11-. The minimum atomic E-state index is 0.545. The molecule has 0 aliphatic rings. The summed E-state index contributed by atoms with van der Waals surface area (Å²) < 4.78 is 0. The van der Waals surface area contributed by atoms with Crippen LogP contribution in [0, 0.1) is 6.92 Å². The van der Waals surface area contributed by atoms with E-state index in [-0.39, 0.29) is 0 Å². The molecule has 0 radical (unpaired) electrons. The highest BCUT2D eigenvalue weighted by Crippen LogP contribution is 2.05. The van der Waals surface area contributed by atoms with E-state index in [1.54, 1.807) is 13.1 Å². The minimum Gasteiger partial charge on any atom is -0.243 e. The zero-order valence-corrected chi connectivity index (χ0v) is 8.44. The number of aryl methyl sites for hydroxylation is 1. The summed E-state index contributed by atoms with van der Waals surface area (Å²) in [7, 11) is 0. The molecule has 0 unspecified atom stereocenters. The van der Waals surface area contributed by atoms with Crippen LogP contribution >= 0.6 is 0 Å². The summed E-state index contributed by atoms with van der Waals surface area (Å²) in [6.07, 6.45) is 1.61. The molecule has 0 aliphatic heterocycles. The fraction of sp³-hybridized carbons (Fsp3) is 0.182. The second-order valence-corrected chi connectivity index (χ2v) is 2.82. The lowest BCUT2D eigenvalue weighted by atomic mass is 10.1. The number of hydrogen-bond donors (Lipinski definition) is 0. The summed E-state index contributed by atoms with van der Waals surface area (Å²) in [6.45, 7) is 7.30. The molecule has 0 aromatic heterocycles. The molecule has 0 amide bonds. The monoisotopic (exact) mass is 187 g/mol. The number of benzene rings is 1. The van der Waals surface area contributed by atoms with Gasteiger partial charge in [0.05, 0.1) is 0 Å². The van der Waals surface area contributed by atoms with Gasteiger partial charge in [-0.2, -0.15) is 5.10 Å². The average Bonchev–Trinajstić information content (AvgIpc) is 2.21. The van der Waals surface area contributed by atoms with E-state index in [0.717, 1.165) is 5.56 Å². The van der Waals surface area contributed by atoms with E-state index in [1.165, 1.54) is 5.56 Å². The molecule has 14 heavy (non-hydrogen) atoms. The molecule has 1 rings (SSSR count). The van der Waals surface area contributed by atoms with E-state index in [4.69, 9.17) is 0 Å². The van der Waals surface area contributed by atoms with E-state index < -0.39 is 0 Å². The van der Waals surface area contributed by atoms with Crippen molar-refractivity contribution in [3.8, 4) is 0 Å². The first kappa shape index (κ1) is 10.3. The van der Waals surface area contributed by atoms with Crippen molar-refractivity contribution in [2.24, 2.45) is 15.2 Å². The summed E-state index contributed by atoms with van der Waals surface area (Å²) in [4.78, 5) is 3.81. The number of nitrogens with zero attached hydrogens (tertiary/aromatic N) is 3. The molecular weight excluding hydrogens is 174 g/mol. The topological polar surface area (TPSA) is 37.1 Å². The van der Waals surface area contributed by atoms with Gasteiger partial charge in [-0.25, -0.2) is 4.99 Å².